The van der Waals surface area contributed by atoms with Gasteiger partial charge in [-0.3, -0.25) is 14.4 Å². The van der Waals surface area contributed by atoms with E-state index in [2.05, 4.69) is 99.8 Å². The van der Waals surface area contributed by atoms with Crippen LogP contribution in [0.25, 0.3) is 44.5 Å². The van der Waals surface area contributed by atoms with E-state index < -0.39 is 12.2 Å². The Balaban J connectivity index is 0.000000137. The summed E-state index contributed by atoms with van der Waals surface area (Å²) in [6, 6.07) is 53.2. The summed E-state index contributed by atoms with van der Waals surface area (Å²) in [5, 5.41) is 27.2. The molecule has 11 heterocycles. The number of carbonyl (C=O) groups excluding carboxylic acids is 3. The molecule has 11 aromatic rings. The second kappa shape index (κ2) is 44.9. The van der Waals surface area contributed by atoms with Gasteiger partial charge in [0.15, 0.2) is 34.5 Å². The number of aryl methyl sites for hydroxylation is 4. The zero-order valence-electron chi connectivity index (χ0n) is 75.3. The van der Waals surface area contributed by atoms with Crippen LogP contribution in [0.15, 0.2) is 176 Å². The van der Waals surface area contributed by atoms with E-state index in [9.17, 15) is 33.4 Å². The lowest BCUT2D eigenvalue weighted by molar-refractivity contribution is -0.286. The van der Waals surface area contributed by atoms with Crippen LogP contribution in [0.4, 0.5) is 54.8 Å². The van der Waals surface area contributed by atoms with E-state index in [-0.39, 0.29) is 55.3 Å². The molecule has 7 aromatic carbocycles. The van der Waals surface area contributed by atoms with Crippen LogP contribution in [0.1, 0.15) is 80.0 Å². The van der Waals surface area contributed by atoms with E-state index in [1.54, 1.807) is 48.5 Å². The number of ether oxygens (including phenoxy) is 14. The first-order chi connectivity index (χ1) is 64.7. The molecule has 133 heavy (non-hydrogen) atoms. The number of rotatable bonds is 26. The van der Waals surface area contributed by atoms with E-state index in [0.717, 1.165) is 155 Å². The number of carbonyl (C=O) groups is 3. The lowest BCUT2D eigenvalue weighted by Gasteiger charge is -2.28. The van der Waals surface area contributed by atoms with Crippen molar-refractivity contribution in [2.45, 2.75) is 60.7 Å². The van der Waals surface area contributed by atoms with Gasteiger partial charge in [-0.05, 0) is 235 Å². The predicted octanol–water partition coefficient (Wildman–Crippen LogP) is 15.1. The first-order valence-electron chi connectivity index (χ1n) is 44.6. The number of aliphatic hydroxyl groups excluding tert-OH is 2. The summed E-state index contributed by atoms with van der Waals surface area (Å²) in [5.74, 6) is 6.56. The molecule has 0 radical (unpaired) electrons. The molecule has 4 fully saturated rings. The average molecular weight is 1820 g/mol. The lowest BCUT2D eigenvalue weighted by Crippen LogP contribution is -2.36. The zero-order chi connectivity index (χ0) is 92.7. The average Bonchev–Trinajstić information content (AvgIpc) is 1.77. The van der Waals surface area contributed by atoms with E-state index in [1.165, 1.54) is 23.8 Å². The number of alkyl halides is 2. The van der Waals surface area contributed by atoms with Crippen molar-refractivity contribution in [3.63, 3.8) is 0 Å². The van der Waals surface area contributed by atoms with Gasteiger partial charge in [-0.25, -0.2) is 0 Å². The largest absolute Gasteiger partial charge is 0.586 e. The highest BCUT2D eigenvalue weighted by atomic mass is 19.3. The summed E-state index contributed by atoms with van der Waals surface area (Å²) < 4.78 is 103. The lowest BCUT2D eigenvalue weighted by atomic mass is 10.00. The number of aliphatic hydroxyl groups is 2. The van der Waals surface area contributed by atoms with Gasteiger partial charge in [0.05, 0.1) is 79.3 Å². The van der Waals surface area contributed by atoms with E-state index in [0.29, 0.717) is 167 Å². The molecule has 0 aliphatic carbocycles. The van der Waals surface area contributed by atoms with E-state index >= 15 is 0 Å². The Labute approximate surface area is 770 Å². The molecule has 3 amide bonds. The van der Waals surface area contributed by atoms with Crippen LogP contribution in [0, 0.1) is 27.7 Å². The van der Waals surface area contributed by atoms with Crippen LogP contribution in [0.5, 0.6) is 58.0 Å². The van der Waals surface area contributed by atoms with Crippen LogP contribution in [0.3, 0.4) is 0 Å². The van der Waals surface area contributed by atoms with Gasteiger partial charge in [-0.1, -0.05) is 38.1 Å². The Bertz CT molecular complexity index is 5700. The van der Waals surface area contributed by atoms with Crippen molar-refractivity contribution in [1.82, 2.24) is 19.9 Å². The van der Waals surface area contributed by atoms with Gasteiger partial charge < -0.3 is 118 Å². The Morgan fingerprint density at radius 2 is 0.639 bits per heavy atom. The summed E-state index contributed by atoms with van der Waals surface area (Å²) in [5.41, 5.74) is 21.8. The summed E-state index contributed by atoms with van der Waals surface area (Å²) >= 11 is 0. The molecular weight excluding hydrogens is 1710 g/mol. The second-order valence-corrected chi connectivity index (χ2v) is 32.0. The topological polar surface area (TPSA) is 348 Å². The molecule has 698 valence electrons. The third-order valence-corrected chi connectivity index (χ3v) is 22.3. The van der Waals surface area contributed by atoms with Crippen LogP contribution in [-0.4, -0.2) is 225 Å². The van der Waals surface area contributed by atoms with Gasteiger partial charge in [0.1, 0.15) is 62.9 Å². The summed E-state index contributed by atoms with van der Waals surface area (Å²) in [7, 11) is 0. The van der Waals surface area contributed by atoms with Gasteiger partial charge >= 0.3 is 6.29 Å². The number of morpholine rings is 4. The number of hydrogen-bond donors (Lipinski definition) is 6. The van der Waals surface area contributed by atoms with Crippen molar-refractivity contribution >= 4 is 63.7 Å². The maximum absolute atomic E-state index is 13.3. The van der Waals surface area contributed by atoms with E-state index in [1.807, 2.05) is 111 Å². The fraction of sp³-hybridized carbons (Fsp3) is 0.350. The minimum Gasteiger partial charge on any atom is -0.486 e. The molecule has 18 rings (SSSR count). The number of benzene rings is 7. The number of nitrogens with one attached hydrogen (secondary N) is 3. The molecule has 7 N–H and O–H groups in total. The molecule has 4 saturated heterocycles. The van der Waals surface area contributed by atoms with Crippen LogP contribution in [-0.2, 0) is 18.9 Å². The number of amides is 3. The minimum atomic E-state index is -3.76. The highest BCUT2D eigenvalue weighted by molar-refractivity contribution is 6.07. The molecular formula is C100H110F2N12O19. The Morgan fingerprint density at radius 1 is 0.353 bits per heavy atom. The number of fused-ring (bicyclic) bond motifs is 3. The number of halogens is 2. The second-order valence-electron chi connectivity index (χ2n) is 32.0. The smallest absolute Gasteiger partial charge is 0.486 e. The number of nitrogens with zero attached hydrogens (tertiary/aromatic N) is 8. The van der Waals surface area contributed by atoms with Gasteiger partial charge in [-0.15, -0.1) is 8.78 Å². The monoisotopic (exact) mass is 1820 g/mol. The highest BCUT2D eigenvalue weighted by Crippen LogP contribution is 2.44. The summed E-state index contributed by atoms with van der Waals surface area (Å²) in [6.07, 6.45) is -1.90. The fourth-order valence-electron chi connectivity index (χ4n) is 15.5. The molecule has 31 nitrogen and oxygen atoms in total. The normalized spacial score (nSPS) is 15.1. The van der Waals surface area contributed by atoms with Gasteiger partial charge in [0.2, 0.25) is 23.5 Å². The van der Waals surface area contributed by atoms with Crippen molar-refractivity contribution < 1.29 is 99.7 Å². The third-order valence-electron chi connectivity index (χ3n) is 22.3. The van der Waals surface area contributed by atoms with Gasteiger partial charge in [0, 0.05) is 116 Å². The number of aromatic nitrogens is 4. The first kappa shape index (κ1) is 93.8. The van der Waals surface area contributed by atoms with Crippen molar-refractivity contribution in [3.8, 4) is 103 Å². The number of anilines is 8. The summed E-state index contributed by atoms with van der Waals surface area (Å²) in [6.45, 7) is 26.9. The quantitative estimate of drug-likeness (QED) is 0.0274. The molecule has 0 atom stereocenters. The minimum absolute atomic E-state index is 0.0980. The molecule has 0 saturated carbocycles. The molecule has 0 bridgehead atoms. The van der Waals surface area contributed by atoms with Gasteiger partial charge in [-0.2, -0.15) is 19.9 Å². The van der Waals surface area contributed by atoms with Crippen LogP contribution >= 0.6 is 0 Å². The van der Waals surface area contributed by atoms with Crippen LogP contribution in [0.2, 0.25) is 0 Å². The zero-order valence-corrected chi connectivity index (χ0v) is 75.3. The molecule has 7 aliphatic rings. The van der Waals surface area contributed by atoms with Crippen molar-refractivity contribution in [2.24, 2.45) is 0 Å². The fourth-order valence-corrected chi connectivity index (χ4v) is 15.5. The van der Waals surface area contributed by atoms with Crippen molar-refractivity contribution in [1.29, 1.82) is 0 Å². The molecule has 0 spiro atoms. The number of nitrogens with two attached hydrogens (primary N) is 1. The van der Waals surface area contributed by atoms with Crippen molar-refractivity contribution in [2.75, 3.05) is 213 Å². The van der Waals surface area contributed by atoms with Crippen LogP contribution < -0.4 is 88.7 Å². The molecule has 0 unspecified atom stereocenters. The highest BCUT2D eigenvalue weighted by Gasteiger charge is 2.44. The van der Waals surface area contributed by atoms with Gasteiger partial charge in [0.25, 0.3) is 17.7 Å². The van der Waals surface area contributed by atoms with Crippen molar-refractivity contribution in [3.05, 3.63) is 215 Å². The number of nitrogen functional groups attached to an aromatic ring is 1. The third kappa shape index (κ3) is 24.9. The Hall–Kier alpha value is -13.8. The maximum Gasteiger partial charge on any atom is 0.586 e. The SMILES string of the molecule is CCCOc1cc(-c2cc(N)ccc2C)cc(N2CCOCC2)n1.CCCOc1cc(-c2cc(NC(=O)c3ccc4c(c3)OCCO4)ccc2C)cc(N2CCOCC2)n1.Cc1ccc(NC(=O)c2ccc3c(c2)OC(F)(F)O3)cc1-c1cc(OCCO)nc(N2CCOCC2)c1.Cc1ccc(NC(=O)c2ccc3c(c2)OCCO3)cc1-c1cc(OCCO)nc(N2CCOCC2)c1. The number of pyridine rings is 4. The predicted molar refractivity (Wildman–Crippen MR) is 502 cm³/mol. The molecule has 4 aromatic heterocycles. The Kier molecular flexibility index (Phi) is 31.6. The molecule has 33 heteroatoms. The first-order valence-corrected chi connectivity index (χ1v) is 44.6. The summed E-state index contributed by atoms with van der Waals surface area (Å²) in [4.78, 5) is 66.3. The Morgan fingerprint density at radius 3 is 0.962 bits per heavy atom. The molecule has 7 aliphatic heterocycles. The standard InChI is InChI=1S/C28H31N3O5.C27H29N3O6.C26H25F2N3O6.C19H25N3O2/c1-3-10-36-27-17-21(16-26(30-27)31-8-11-33-12-9-31)23-18-22(6-4-19(23)2)29-28(32)20-5-7-24-25(15-20)35-14-13-34-24;1-18-2-4-21(28-27(32)19-3-5-23-24(14-19)35-13-12-34-23)17-22(18)20-15-25(30-6-9-33-10-7-30)29-26(16-20)36-11-8-31;1-16-2-4-19(29-25(33)17-3-5-21-22(12-17)37-26(27,28)36-21)15-20(16)18-13-23(31-6-9-34-10-7-31)30-24(14-18)35-11-8-32;1-3-8-24-19-12-15(17-13-16(20)5-4-14(17)2)11-18(21-19)22-6-9-23-10-7-22/h4-7,15-18H,3,8-14H2,1-2H3,(H,29,32);2-5,14-17,31H,6-13H2,1H3,(H,28,32);2-5,12-15,32H,6-11H2,1H3,(H,29,33);4-5,11-13H,3,6-10,20H2,1-2H3. The number of hydrogen-bond acceptors (Lipinski definition) is 28. The maximum atomic E-state index is 13.3. The van der Waals surface area contributed by atoms with E-state index in [4.69, 9.17) is 67.6 Å².